The summed E-state index contributed by atoms with van der Waals surface area (Å²) in [4.78, 5) is 4.53. The Balaban J connectivity index is 1.31. The molecule has 4 nitrogen and oxygen atoms in total. The molecular weight excluding hydrogens is 390 g/mol. The number of hydrogen-bond donors (Lipinski definition) is 2. The molecule has 1 saturated heterocycles. The highest BCUT2D eigenvalue weighted by Crippen LogP contribution is 2.34. The first-order valence-corrected chi connectivity index (χ1v) is 10.9. The molecule has 0 spiro atoms. The molecule has 0 aromatic heterocycles. The summed E-state index contributed by atoms with van der Waals surface area (Å²) in [7, 11) is 0. The van der Waals surface area contributed by atoms with E-state index in [4.69, 9.17) is 12.2 Å². The number of allylic oxidation sites excluding steroid dienone is 1. The number of thiocarbonyl (C=S) groups is 1. The summed E-state index contributed by atoms with van der Waals surface area (Å²) in [6, 6.07) is 13.9. The molecular formula is C25H29N3OS. The quantitative estimate of drug-likeness (QED) is 0.521. The number of aromatic hydroxyl groups is 1. The van der Waals surface area contributed by atoms with Crippen LogP contribution in [0.5, 0.6) is 5.75 Å². The fourth-order valence-electron chi connectivity index (χ4n) is 4.32. The van der Waals surface area contributed by atoms with E-state index in [1.54, 1.807) is 12.1 Å². The molecule has 0 radical (unpaired) electrons. The Morgan fingerprint density at radius 3 is 2.53 bits per heavy atom. The Bertz CT molecular complexity index is 974. The highest BCUT2D eigenvalue weighted by Gasteiger charge is 2.26. The molecule has 2 aliphatic rings. The number of fused-ring (bicyclic) bond motifs is 1. The molecule has 0 bridgehead atoms. The average molecular weight is 420 g/mol. The van der Waals surface area contributed by atoms with Crippen molar-refractivity contribution in [1.29, 1.82) is 0 Å². The third-order valence-corrected chi connectivity index (χ3v) is 6.59. The molecule has 2 aromatic rings. The Hall–Kier alpha value is -2.63. The van der Waals surface area contributed by atoms with Crippen molar-refractivity contribution in [3.8, 4) is 5.75 Å². The zero-order valence-corrected chi connectivity index (χ0v) is 18.3. The van der Waals surface area contributed by atoms with Gasteiger partial charge in [-0.1, -0.05) is 43.0 Å². The van der Waals surface area contributed by atoms with Gasteiger partial charge >= 0.3 is 0 Å². The summed E-state index contributed by atoms with van der Waals surface area (Å²) < 4.78 is 0. The lowest BCUT2D eigenvalue weighted by atomic mass is 9.86. The van der Waals surface area contributed by atoms with Crippen molar-refractivity contribution in [2.24, 2.45) is 5.92 Å². The minimum atomic E-state index is 0.236. The second-order valence-electron chi connectivity index (χ2n) is 8.27. The normalized spacial score (nSPS) is 17.6. The van der Waals surface area contributed by atoms with Crippen LogP contribution in [0, 0.1) is 12.8 Å². The van der Waals surface area contributed by atoms with E-state index in [1.165, 1.54) is 16.7 Å². The molecule has 2 N–H and O–H groups in total. The molecule has 0 atom stereocenters. The highest BCUT2D eigenvalue weighted by molar-refractivity contribution is 7.80. The maximum absolute atomic E-state index is 9.82. The molecule has 0 unspecified atom stereocenters. The second-order valence-corrected chi connectivity index (χ2v) is 8.65. The molecule has 0 aliphatic carbocycles. The molecule has 156 valence electrons. The number of aryl methyl sites for hydroxylation is 1. The smallest absolute Gasteiger partial charge is 0.178 e. The lowest BCUT2D eigenvalue weighted by Gasteiger charge is -2.37. The standard InChI is InChI=1S/C25H29N3OS/c1-17-4-6-20(7-5-17)18(2)21-10-12-27(13-11-21)14-15-28-19(3)23-16-22(29)8-9-24(23)26-25(28)30/h4-9,16,21,29H,2-3,10-15H2,1H3,(H,26,30). The van der Waals surface area contributed by atoms with Gasteiger partial charge in [0.25, 0.3) is 0 Å². The maximum atomic E-state index is 9.82. The first kappa shape index (κ1) is 20.6. The van der Waals surface area contributed by atoms with E-state index in [-0.39, 0.29) is 5.75 Å². The Labute approximate surface area is 184 Å². The van der Waals surface area contributed by atoms with Crippen molar-refractivity contribution in [2.45, 2.75) is 19.8 Å². The van der Waals surface area contributed by atoms with Gasteiger partial charge in [-0.2, -0.15) is 0 Å². The first-order valence-electron chi connectivity index (χ1n) is 10.5. The van der Waals surface area contributed by atoms with Crippen LogP contribution in [0.4, 0.5) is 5.69 Å². The van der Waals surface area contributed by atoms with Crippen LogP contribution in [-0.4, -0.2) is 46.2 Å². The van der Waals surface area contributed by atoms with E-state index >= 15 is 0 Å². The molecule has 4 rings (SSSR count). The van der Waals surface area contributed by atoms with Crippen LogP contribution in [0.2, 0.25) is 0 Å². The van der Waals surface area contributed by atoms with E-state index < -0.39 is 0 Å². The van der Waals surface area contributed by atoms with Crippen molar-refractivity contribution < 1.29 is 5.11 Å². The zero-order chi connectivity index (χ0) is 21.3. The van der Waals surface area contributed by atoms with Crippen LogP contribution in [-0.2, 0) is 0 Å². The highest BCUT2D eigenvalue weighted by atomic mass is 32.1. The van der Waals surface area contributed by atoms with Crippen molar-refractivity contribution >= 4 is 34.3 Å². The number of piperidine rings is 1. The van der Waals surface area contributed by atoms with Gasteiger partial charge in [0, 0.05) is 30.0 Å². The van der Waals surface area contributed by atoms with Gasteiger partial charge in [0.1, 0.15) is 5.75 Å². The molecule has 30 heavy (non-hydrogen) atoms. The molecule has 0 saturated carbocycles. The van der Waals surface area contributed by atoms with Gasteiger partial charge in [-0.15, -0.1) is 0 Å². The van der Waals surface area contributed by atoms with Crippen LogP contribution in [0.3, 0.4) is 0 Å². The van der Waals surface area contributed by atoms with Crippen LogP contribution in [0.25, 0.3) is 11.3 Å². The van der Waals surface area contributed by atoms with Crippen LogP contribution in [0.1, 0.15) is 29.5 Å². The molecule has 2 heterocycles. The predicted octanol–water partition coefficient (Wildman–Crippen LogP) is 5.11. The van der Waals surface area contributed by atoms with Crippen molar-refractivity contribution in [1.82, 2.24) is 9.80 Å². The maximum Gasteiger partial charge on any atom is 0.178 e. The lowest BCUT2D eigenvalue weighted by Crippen LogP contribution is -2.43. The lowest BCUT2D eigenvalue weighted by molar-refractivity contribution is 0.200. The number of nitrogens with zero attached hydrogens (tertiary/aromatic N) is 2. The van der Waals surface area contributed by atoms with Gasteiger partial charge in [-0.25, -0.2) is 0 Å². The fraction of sp³-hybridized carbons (Fsp3) is 0.320. The summed E-state index contributed by atoms with van der Waals surface area (Å²) in [6.45, 7) is 14.6. The van der Waals surface area contributed by atoms with Crippen molar-refractivity contribution in [3.63, 3.8) is 0 Å². The first-order chi connectivity index (χ1) is 14.4. The number of rotatable bonds is 5. The number of phenols is 1. The monoisotopic (exact) mass is 419 g/mol. The van der Waals surface area contributed by atoms with Crippen LogP contribution < -0.4 is 5.32 Å². The molecule has 2 aromatic carbocycles. The molecule has 0 amide bonds. The van der Waals surface area contributed by atoms with Crippen LogP contribution >= 0.6 is 12.2 Å². The minimum absolute atomic E-state index is 0.236. The fourth-order valence-corrected chi connectivity index (χ4v) is 4.63. The third-order valence-electron chi connectivity index (χ3n) is 6.27. The van der Waals surface area contributed by atoms with Gasteiger partial charge in [0.05, 0.1) is 0 Å². The van der Waals surface area contributed by atoms with Crippen LogP contribution in [0.15, 0.2) is 55.6 Å². The zero-order valence-electron chi connectivity index (χ0n) is 17.5. The SMILES string of the molecule is C=C(c1ccc(C)cc1)C1CCN(CCN2C(=C)c3cc(O)ccc3NC2=S)CC1. The number of phenolic OH excluding ortho intramolecular Hbond substituents is 1. The average Bonchev–Trinajstić information content (AvgIpc) is 2.75. The summed E-state index contributed by atoms with van der Waals surface area (Å²) in [5, 5.41) is 13.7. The summed E-state index contributed by atoms with van der Waals surface area (Å²) in [6.07, 6.45) is 2.26. The minimum Gasteiger partial charge on any atom is -0.508 e. The van der Waals surface area contributed by atoms with E-state index in [0.717, 1.165) is 56.0 Å². The van der Waals surface area contributed by atoms with Gasteiger partial charge in [-0.3, -0.25) is 0 Å². The predicted molar refractivity (Wildman–Crippen MR) is 129 cm³/mol. The van der Waals surface area contributed by atoms with E-state index in [9.17, 15) is 5.11 Å². The largest absolute Gasteiger partial charge is 0.508 e. The number of hydrogen-bond acceptors (Lipinski definition) is 3. The number of likely N-dealkylation sites (tertiary alicyclic amines) is 1. The Morgan fingerprint density at radius 2 is 1.83 bits per heavy atom. The number of nitrogens with one attached hydrogen (secondary N) is 1. The van der Waals surface area contributed by atoms with Gasteiger partial charge in [0.2, 0.25) is 0 Å². The van der Waals surface area contributed by atoms with E-state index in [2.05, 4.69) is 54.6 Å². The summed E-state index contributed by atoms with van der Waals surface area (Å²) >= 11 is 5.56. The third kappa shape index (κ3) is 4.27. The molecule has 5 heteroatoms. The van der Waals surface area contributed by atoms with Crippen molar-refractivity contribution in [2.75, 3.05) is 31.5 Å². The second kappa shape index (κ2) is 8.62. The van der Waals surface area contributed by atoms with E-state index in [0.29, 0.717) is 11.0 Å². The number of benzene rings is 2. The van der Waals surface area contributed by atoms with Gasteiger partial charge in [0.15, 0.2) is 5.11 Å². The number of anilines is 1. The Morgan fingerprint density at radius 1 is 1.13 bits per heavy atom. The molecule has 1 fully saturated rings. The molecule has 2 aliphatic heterocycles. The summed E-state index contributed by atoms with van der Waals surface area (Å²) in [5.41, 5.74) is 6.45. The Kier molecular flexibility index (Phi) is 5.93. The van der Waals surface area contributed by atoms with Gasteiger partial charge in [-0.05, 0) is 80.3 Å². The van der Waals surface area contributed by atoms with Gasteiger partial charge < -0.3 is 20.2 Å². The topological polar surface area (TPSA) is 38.7 Å². The van der Waals surface area contributed by atoms with Crippen molar-refractivity contribution in [3.05, 3.63) is 72.3 Å². The summed E-state index contributed by atoms with van der Waals surface area (Å²) in [5.74, 6) is 0.784. The van der Waals surface area contributed by atoms with E-state index in [1.807, 2.05) is 11.0 Å².